The van der Waals surface area contributed by atoms with Gasteiger partial charge in [-0.2, -0.15) is 0 Å². The summed E-state index contributed by atoms with van der Waals surface area (Å²) in [5.41, 5.74) is 1.38. The molecule has 1 aliphatic rings. The van der Waals surface area contributed by atoms with Gasteiger partial charge in [-0.1, -0.05) is 0 Å². The summed E-state index contributed by atoms with van der Waals surface area (Å²) in [4.78, 5) is 1.45. The Hall–Kier alpha value is -0.630. The number of quaternary nitrogens is 1. The van der Waals surface area contributed by atoms with Gasteiger partial charge in [0.05, 0.1) is 12.7 Å². The molecule has 0 bridgehead atoms. The maximum atomic E-state index is 2.22. The van der Waals surface area contributed by atoms with Crippen LogP contribution in [0.5, 0.6) is 0 Å². The maximum Gasteiger partial charge on any atom is 0.102 e. The van der Waals surface area contributed by atoms with Crippen molar-refractivity contribution in [2.24, 2.45) is 0 Å². The van der Waals surface area contributed by atoms with Gasteiger partial charge in [0.25, 0.3) is 0 Å². The molecule has 52 valence electrons. The Kier molecular flexibility index (Phi) is 3.17. The van der Waals surface area contributed by atoms with Gasteiger partial charge in [0, 0.05) is 5.57 Å². The molecule has 1 heterocycles. The van der Waals surface area contributed by atoms with E-state index in [0.29, 0.717) is 0 Å². The summed E-state index contributed by atoms with van der Waals surface area (Å²) in [7, 11) is 0. The quantitative estimate of drug-likeness (QED) is 0.394. The molecule has 0 saturated carbocycles. The molecule has 1 rings (SSSR count). The van der Waals surface area contributed by atoms with Crippen LogP contribution in [0.15, 0.2) is 24.0 Å². The molecule has 2 heteroatoms. The number of hydrogen-bond donors (Lipinski definition) is 1. The molecule has 0 radical (unpaired) electrons. The van der Waals surface area contributed by atoms with Gasteiger partial charge in [-0.15, -0.1) is 0 Å². The number of halogens is 1. The molecule has 9 heavy (non-hydrogen) atoms. The first kappa shape index (κ1) is 8.37. The zero-order valence-corrected chi connectivity index (χ0v) is 5.82. The van der Waals surface area contributed by atoms with Crippen LogP contribution in [0.1, 0.15) is 13.8 Å². The van der Waals surface area contributed by atoms with Crippen LogP contribution in [0.2, 0.25) is 0 Å². The summed E-state index contributed by atoms with van der Waals surface area (Å²) in [6.07, 6.45) is 6.55. The van der Waals surface area contributed by atoms with Crippen molar-refractivity contribution in [3.05, 3.63) is 24.0 Å². The normalized spacial score (nSPS) is 23.3. The largest absolute Gasteiger partial charge is 1.00 e. The lowest BCUT2D eigenvalue weighted by molar-refractivity contribution is -0.785. The highest BCUT2D eigenvalue weighted by Crippen LogP contribution is 1.92. The first-order valence-electron chi connectivity index (χ1n) is 3.05. The van der Waals surface area contributed by atoms with Crippen LogP contribution in [0.25, 0.3) is 0 Å². The Morgan fingerprint density at radius 3 is 2.44 bits per heavy atom. The lowest BCUT2D eigenvalue weighted by atomic mass is 10.4. The predicted molar refractivity (Wildman–Crippen MR) is 34.4 cm³/mol. The molecule has 0 aliphatic carbocycles. The molecular weight excluding hydrogens is 117 g/mol. The van der Waals surface area contributed by atoms with E-state index in [-0.39, 0.29) is 4.70 Å². The third-order valence-corrected chi connectivity index (χ3v) is 1.38. The Bertz CT molecular complexity index is 138. The Morgan fingerprint density at radius 1 is 1.56 bits per heavy atom. The van der Waals surface area contributed by atoms with Crippen molar-refractivity contribution in [3.63, 3.8) is 0 Å². The molecule has 0 aromatic carbocycles. The molecule has 1 unspecified atom stereocenters. The van der Waals surface area contributed by atoms with Crippen LogP contribution < -0.4 is 9.60 Å². The minimum atomic E-state index is 0. The van der Waals surface area contributed by atoms with Crippen molar-refractivity contribution in [2.75, 3.05) is 6.54 Å². The van der Waals surface area contributed by atoms with Crippen molar-refractivity contribution < 1.29 is 9.60 Å². The molecule has 1 nitrogen and oxygen atoms in total. The fraction of sp³-hybridized carbons (Fsp3) is 0.429. The van der Waals surface area contributed by atoms with Gasteiger partial charge in [-0.3, -0.25) is 4.90 Å². The lowest BCUT2D eigenvalue weighted by Gasteiger charge is -1.98. The van der Waals surface area contributed by atoms with E-state index < -0.39 is 0 Å². The molecule has 0 spiro atoms. The second-order valence-electron chi connectivity index (χ2n) is 2.15. The highest BCUT2D eigenvalue weighted by atomic mass is 19.0. The monoisotopic (exact) mass is 129 g/mol. The molecule has 0 aromatic rings. The summed E-state index contributed by atoms with van der Waals surface area (Å²) >= 11 is 0. The van der Waals surface area contributed by atoms with Crippen LogP contribution in [-0.2, 0) is 0 Å². The summed E-state index contributed by atoms with van der Waals surface area (Å²) in [6.45, 7) is 5.46. The van der Waals surface area contributed by atoms with E-state index in [1.165, 1.54) is 10.5 Å². The lowest BCUT2D eigenvalue weighted by Crippen LogP contribution is -3.01. The van der Waals surface area contributed by atoms with Crippen molar-refractivity contribution in [1.29, 1.82) is 0 Å². The Labute approximate surface area is 55.0 Å². The maximum absolute atomic E-state index is 2.22. The molecule has 0 aromatic heterocycles. The van der Waals surface area contributed by atoms with Crippen molar-refractivity contribution in [2.45, 2.75) is 13.8 Å². The van der Waals surface area contributed by atoms with E-state index in [9.17, 15) is 0 Å². The zero-order chi connectivity index (χ0) is 5.98. The fourth-order valence-corrected chi connectivity index (χ4v) is 0.847. The Balaban J connectivity index is 0.000000640. The number of rotatable bonds is 1. The van der Waals surface area contributed by atoms with Crippen LogP contribution in [-0.4, -0.2) is 6.54 Å². The second kappa shape index (κ2) is 3.41. The predicted octanol–water partition coefficient (Wildman–Crippen LogP) is -2.67. The average Bonchev–Trinajstić information content (AvgIpc) is 2.14. The van der Waals surface area contributed by atoms with Crippen molar-refractivity contribution in [3.8, 4) is 0 Å². The molecule has 0 amide bonds. The van der Waals surface area contributed by atoms with E-state index in [1.54, 1.807) is 0 Å². The molecule has 0 saturated heterocycles. The summed E-state index contributed by atoms with van der Waals surface area (Å²) in [5, 5.41) is 0. The standard InChI is InChI=1S/C7H11N.FH/c1-3-8-5-4-7(2)6-8;/h4-6H,3H2,1-2H3;1H. The number of allylic oxidation sites excluding steroid dienone is 2. The van der Waals surface area contributed by atoms with Crippen LogP contribution in [0.3, 0.4) is 0 Å². The summed E-state index contributed by atoms with van der Waals surface area (Å²) < 4.78 is 0. The molecule has 0 fully saturated rings. The van der Waals surface area contributed by atoms with Gasteiger partial charge < -0.3 is 4.70 Å². The topological polar surface area (TPSA) is 4.44 Å². The highest BCUT2D eigenvalue weighted by molar-refractivity contribution is 5.14. The van der Waals surface area contributed by atoms with E-state index in [4.69, 9.17) is 0 Å². The van der Waals surface area contributed by atoms with Gasteiger partial charge in [-0.25, -0.2) is 0 Å². The highest BCUT2D eigenvalue weighted by Gasteiger charge is 2.02. The molecule has 1 atom stereocenters. The fourth-order valence-electron chi connectivity index (χ4n) is 0.847. The number of nitrogens with one attached hydrogen (secondary N) is 1. The SMILES string of the molecule is CC[NH+]1C=CC(C)=C1.[F-]. The zero-order valence-electron chi connectivity index (χ0n) is 5.82. The van der Waals surface area contributed by atoms with Gasteiger partial charge in [0.1, 0.15) is 6.20 Å². The smallest absolute Gasteiger partial charge is 0.102 e. The third-order valence-electron chi connectivity index (χ3n) is 1.38. The summed E-state index contributed by atoms with van der Waals surface area (Å²) in [5.74, 6) is 0. The molecule has 1 N–H and O–H groups in total. The average molecular weight is 129 g/mol. The van der Waals surface area contributed by atoms with E-state index >= 15 is 0 Å². The van der Waals surface area contributed by atoms with Crippen LogP contribution in [0, 0.1) is 0 Å². The molecule has 1 aliphatic heterocycles. The second-order valence-corrected chi connectivity index (χ2v) is 2.15. The van der Waals surface area contributed by atoms with Gasteiger partial charge in [-0.05, 0) is 19.9 Å². The molecular formula is C7H12FN. The van der Waals surface area contributed by atoms with Gasteiger partial charge in [0.15, 0.2) is 0 Å². The van der Waals surface area contributed by atoms with E-state index in [1.807, 2.05) is 0 Å². The first-order valence-corrected chi connectivity index (χ1v) is 3.05. The minimum Gasteiger partial charge on any atom is -1.00 e. The minimum absolute atomic E-state index is 0. The summed E-state index contributed by atoms with van der Waals surface area (Å²) in [6, 6.07) is 0. The first-order chi connectivity index (χ1) is 3.83. The van der Waals surface area contributed by atoms with Crippen LogP contribution in [0.4, 0.5) is 0 Å². The third kappa shape index (κ3) is 1.98. The van der Waals surface area contributed by atoms with Gasteiger partial charge in [0.2, 0.25) is 0 Å². The van der Waals surface area contributed by atoms with E-state index in [0.717, 1.165) is 6.54 Å². The van der Waals surface area contributed by atoms with Crippen molar-refractivity contribution in [1.82, 2.24) is 0 Å². The Morgan fingerprint density at radius 2 is 2.22 bits per heavy atom. The van der Waals surface area contributed by atoms with Crippen LogP contribution >= 0.6 is 0 Å². The van der Waals surface area contributed by atoms with E-state index in [2.05, 4.69) is 32.3 Å². The van der Waals surface area contributed by atoms with Crippen molar-refractivity contribution >= 4 is 0 Å². The number of hydrogen-bond acceptors (Lipinski definition) is 0. The van der Waals surface area contributed by atoms with Gasteiger partial charge >= 0.3 is 0 Å².